The summed E-state index contributed by atoms with van der Waals surface area (Å²) in [4.78, 5) is 17.4. The van der Waals surface area contributed by atoms with E-state index in [0.29, 0.717) is 31.1 Å². The van der Waals surface area contributed by atoms with E-state index in [2.05, 4.69) is 82.4 Å². The first kappa shape index (κ1) is 25.8. The van der Waals surface area contributed by atoms with Gasteiger partial charge in [0.05, 0.1) is 24.7 Å². The minimum atomic E-state index is 0.146. The molecule has 1 aromatic heterocycles. The van der Waals surface area contributed by atoms with Gasteiger partial charge in [0.1, 0.15) is 12.4 Å². The van der Waals surface area contributed by atoms with Crippen molar-refractivity contribution in [1.82, 2.24) is 20.2 Å². The summed E-state index contributed by atoms with van der Waals surface area (Å²) in [5.74, 6) is 0.990. The number of rotatable bonds is 7. The second-order valence-corrected chi connectivity index (χ2v) is 11.3. The normalized spacial score (nSPS) is 21.8. The molecule has 1 N–H and O–H groups in total. The molecule has 6 rings (SSSR count). The van der Waals surface area contributed by atoms with Crippen molar-refractivity contribution in [3.8, 4) is 12.1 Å². The van der Waals surface area contributed by atoms with Crippen LogP contribution in [-0.4, -0.2) is 72.3 Å². The summed E-state index contributed by atoms with van der Waals surface area (Å²) in [7, 11) is 0. The Kier molecular flexibility index (Phi) is 7.53. The number of anilines is 2. The molecule has 4 heterocycles. The Morgan fingerprint density at radius 3 is 2.82 bits per heavy atom. The highest BCUT2D eigenvalue weighted by Crippen LogP contribution is 2.34. The van der Waals surface area contributed by atoms with Gasteiger partial charge in [-0.05, 0) is 51.1 Å². The second kappa shape index (κ2) is 11.4. The fourth-order valence-electron chi connectivity index (χ4n) is 6.56. The summed E-state index contributed by atoms with van der Waals surface area (Å²) < 4.78 is 6.38. The van der Waals surface area contributed by atoms with Crippen molar-refractivity contribution in [3.63, 3.8) is 0 Å². The minimum absolute atomic E-state index is 0.146. The van der Waals surface area contributed by atoms with Crippen molar-refractivity contribution < 1.29 is 4.74 Å². The zero-order valence-electron chi connectivity index (χ0n) is 23.1. The van der Waals surface area contributed by atoms with E-state index in [4.69, 9.17) is 14.7 Å². The van der Waals surface area contributed by atoms with Crippen LogP contribution in [0.1, 0.15) is 44.4 Å². The molecule has 0 radical (unpaired) electrons. The molecule has 3 aliphatic rings. The van der Waals surface area contributed by atoms with Crippen LogP contribution in [0.25, 0.3) is 10.8 Å². The monoisotopic (exact) mass is 525 g/mol. The largest absolute Gasteiger partial charge is 0.462 e. The van der Waals surface area contributed by atoms with Crippen molar-refractivity contribution in [2.75, 3.05) is 49.1 Å². The van der Waals surface area contributed by atoms with E-state index in [9.17, 15) is 5.26 Å². The van der Waals surface area contributed by atoms with Gasteiger partial charge in [-0.25, -0.2) is 0 Å². The lowest BCUT2D eigenvalue weighted by Gasteiger charge is -2.37. The number of hydrogen-bond donors (Lipinski definition) is 1. The number of nitrogens with one attached hydrogen (secondary N) is 1. The molecule has 0 bridgehead atoms. The molecule has 0 aliphatic carbocycles. The Bertz CT molecular complexity index is 1350. The number of hydrogen-bond acceptors (Lipinski definition) is 8. The highest BCUT2D eigenvalue weighted by molar-refractivity contribution is 5.94. The lowest BCUT2D eigenvalue weighted by Crippen LogP contribution is -2.51. The molecular formula is C31H39N7O. The fraction of sp³-hybridized carbons (Fsp3) is 0.516. The first-order valence-electron chi connectivity index (χ1n) is 14.5. The van der Waals surface area contributed by atoms with Gasteiger partial charge in [-0.1, -0.05) is 36.4 Å². The molecule has 2 atom stereocenters. The van der Waals surface area contributed by atoms with Crippen LogP contribution in [0.2, 0.25) is 0 Å². The van der Waals surface area contributed by atoms with Crippen LogP contribution >= 0.6 is 0 Å². The second-order valence-electron chi connectivity index (χ2n) is 11.3. The number of piperazine rings is 1. The smallest absolute Gasteiger partial charge is 0.318 e. The first-order chi connectivity index (χ1) is 19.1. The van der Waals surface area contributed by atoms with Crippen LogP contribution in [0, 0.1) is 11.3 Å². The van der Waals surface area contributed by atoms with Gasteiger partial charge in [-0.15, -0.1) is 0 Å². The van der Waals surface area contributed by atoms with E-state index in [1.165, 1.54) is 28.4 Å². The van der Waals surface area contributed by atoms with Crippen LogP contribution in [0.4, 0.5) is 11.5 Å². The maximum Gasteiger partial charge on any atom is 0.318 e. The fourth-order valence-corrected chi connectivity index (χ4v) is 6.56. The number of aromatic nitrogens is 2. The van der Waals surface area contributed by atoms with Crippen LogP contribution in [0.5, 0.6) is 6.01 Å². The molecule has 0 spiro atoms. The van der Waals surface area contributed by atoms with Gasteiger partial charge in [-0.2, -0.15) is 15.2 Å². The lowest BCUT2D eigenvalue weighted by atomic mass is 10.0. The average molecular weight is 526 g/mol. The topological polar surface area (TPSA) is 80.5 Å². The van der Waals surface area contributed by atoms with Crippen LogP contribution in [-0.2, 0) is 13.0 Å². The highest BCUT2D eigenvalue weighted by atomic mass is 16.5. The summed E-state index contributed by atoms with van der Waals surface area (Å²) in [6.45, 7) is 10.4. The quantitative estimate of drug-likeness (QED) is 0.493. The molecule has 2 aromatic carbocycles. The van der Waals surface area contributed by atoms with E-state index >= 15 is 0 Å². The zero-order valence-corrected chi connectivity index (χ0v) is 23.1. The van der Waals surface area contributed by atoms with Gasteiger partial charge < -0.3 is 19.9 Å². The Hall–Kier alpha value is -3.41. The zero-order chi connectivity index (χ0) is 26.8. The van der Waals surface area contributed by atoms with Gasteiger partial charge >= 0.3 is 6.01 Å². The predicted octanol–water partition coefficient (Wildman–Crippen LogP) is 4.14. The van der Waals surface area contributed by atoms with Gasteiger partial charge in [0, 0.05) is 60.9 Å². The SMILES string of the molecule is CC(C)N1CCCC1COc1nc2c(c(N3CCNC(CC#N)C3)n1)CCN(c1cccc3ccccc13)C2. The first-order valence-corrected chi connectivity index (χ1v) is 14.5. The van der Waals surface area contributed by atoms with E-state index in [1.54, 1.807) is 0 Å². The Morgan fingerprint density at radius 2 is 1.95 bits per heavy atom. The van der Waals surface area contributed by atoms with E-state index in [0.717, 1.165) is 63.6 Å². The molecule has 2 saturated heterocycles. The Balaban J connectivity index is 1.31. The number of nitriles is 1. The summed E-state index contributed by atoms with van der Waals surface area (Å²) >= 11 is 0. The number of fused-ring (bicyclic) bond motifs is 2. The summed E-state index contributed by atoms with van der Waals surface area (Å²) in [6, 6.07) is 19.0. The third kappa shape index (κ3) is 5.39. The molecule has 8 heteroatoms. The van der Waals surface area contributed by atoms with Gasteiger partial charge in [0.2, 0.25) is 0 Å². The molecule has 3 aromatic rings. The molecule has 0 amide bonds. The molecule has 204 valence electrons. The van der Waals surface area contributed by atoms with Crippen molar-refractivity contribution in [2.24, 2.45) is 0 Å². The van der Waals surface area contributed by atoms with Crippen molar-refractivity contribution in [3.05, 3.63) is 53.7 Å². The molecule has 39 heavy (non-hydrogen) atoms. The van der Waals surface area contributed by atoms with Crippen molar-refractivity contribution >= 4 is 22.3 Å². The van der Waals surface area contributed by atoms with Crippen LogP contribution in [0.3, 0.4) is 0 Å². The summed E-state index contributed by atoms with van der Waals surface area (Å²) in [5.41, 5.74) is 3.52. The van der Waals surface area contributed by atoms with Crippen molar-refractivity contribution in [2.45, 2.75) is 64.2 Å². The van der Waals surface area contributed by atoms with Crippen molar-refractivity contribution in [1.29, 1.82) is 5.26 Å². The number of likely N-dealkylation sites (tertiary alicyclic amines) is 1. The number of nitrogens with zero attached hydrogens (tertiary/aromatic N) is 6. The Labute approximate surface area is 231 Å². The molecule has 2 fully saturated rings. The van der Waals surface area contributed by atoms with E-state index in [-0.39, 0.29) is 6.04 Å². The lowest BCUT2D eigenvalue weighted by molar-refractivity contribution is 0.138. The maximum atomic E-state index is 9.29. The molecule has 3 aliphatic heterocycles. The average Bonchev–Trinajstić information content (AvgIpc) is 3.45. The third-order valence-electron chi connectivity index (χ3n) is 8.51. The number of benzene rings is 2. The predicted molar refractivity (Wildman–Crippen MR) is 155 cm³/mol. The Morgan fingerprint density at radius 1 is 1.08 bits per heavy atom. The van der Waals surface area contributed by atoms with Gasteiger partial charge in [0.15, 0.2) is 0 Å². The standard InChI is InChI=1S/C31H39N7O/c1-22(2)38-16-6-9-25(38)21-39-31-34-28-20-36(29-11-5-8-23-7-3-4-10-26(23)29)17-13-27(28)30(35-31)37-18-15-33-24(19-37)12-14-32/h3-5,7-8,10-11,22,24-25,33H,6,9,12-13,15-21H2,1-2H3. The van der Waals surface area contributed by atoms with Crippen LogP contribution in [0.15, 0.2) is 42.5 Å². The van der Waals surface area contributed by atoms with Crippen LogP contribution < -0.4 is 19.9 Å². The van der Waals surface area contributed by atoms with E-state index in [1.807, 2.05) is 0 Å². The summed E-state index contributed by atoms with van der Waals surface area (Å²) in [6.07, 6.45) is 3.74. The molecule has 8 nitrogen and oxygen atoms in total. The highest BCUT2D eigenvalue weighted by Gasteiger charge is 2.31. The van der Waals surface area contributed by atoms with E-state index < -0.39 is 0 Å². The molecule has 2 unspecified atom stereocenters. The maximum absolute atomic E-state index is 9.29. The minimum Gasteiger partial charge on any atom is -0.462 e. The summed E-state index contributed by atoms with van der Waals surface area (Å²) in [5, 5.41) is 15.3. The van der Waals surface area contributed by atoms with Gasteiger partial charge in [-0.3, -0.25) is 4.90 Å². The van der Waals surface area contributed by atoms with Gasteiger partial charge in [0.25, 0.3) is 0 Å². The molecule has 0 saturated carbocycles. The number of ether oxygens (including phenoxy) is 1. The molecular weight excluding hydrogens is 486 g/mol. The third-order valence-corrected chi connectivity index (χ3v) is 8.51.